The van der Waals surface area contributed by atoms with E-state index < -0.39 is 10.0 Å². The summed E-state index contributed by atoms with van der Waals surface area (Å²) in [6, 6.07) is 5.74. The van der Waals surface area contributed by atoms with E-state index in [-0.39, 0.29) is 28.4 Å². The third kappa shape index (κ3) is 5.00. The van der Waals surface area contributed by atoms with E-state index in [1.54, 1.807) is 16.7 Å². The van der Waals surface area contributed by atoms with E-state index in [9.17, 15) is 18.0 Å². The van der Waals surface area contributed by atoms with Crippen LogP contribution in [0.15, 0.2) is 47.8 Å². The molecule has 1 fully saturated rings. The molecule has 1 atom stereocenters. The molecule has 0 aliphatic carbocycles. The topological polar surface area (TPSA) is 113 Å². The van der Waals surface area contributed by atoms with Crippen LogP contribution in [0.1, 0.15) is 41.1 Å². The molecule has 2 aromatic rings. The standard InChI is InChI=1S/C20H25N5O4S/c1-3-15(2)23-30(28,29)17-6-4-16(5-7-17)19(26)24-10-12-25(13-11-24)20(27)18-14-21-8-9-22-18/h4-9,14-15,23H,3,10-13H2,1-2H3. The molecule has 0 saturated carbocycles. The summed E-state index contributed by atoms with van der Waals surface area (Å²) in [5.41, 5.74) is 0.686. The normalized spacial score (nSPS) is 15.7. The van der Waals surface area contributed by atoms with Gasteiger partial charge in [0.2, 0.25) is 10.0 Å². The van der Waals surface area contributed by atoms with Gasteiger partial charge < -0.3 is 9.80 Å². The zero-order valence-corrected chi connectivity index (χ0v) is 17.8. The quantitative estimate of drug-likeness (QED) is 0.734. The van der Waals surface area contributed by atoms with Gasteiger partial charge in [0, 0.05) is 50.2 Å². The van der Waals surface area contributed by atoms with Crippen LogP contribution < -0.4 is 4.72 Å². The SMILES string of the molecule is CCC(C)NS(=O)(=O)c1ccc(C(=O)N2CCN(C(=O)c3cnccn3)CC2)cc1. The summed E-state index contributed by atoms with van der Waals surface area (Å²) in [5.74, 6) is -0.404. The van der Waals surface area contributed by atoms with E-state index in [1.807, 2.05) is 6.92 Å². The predicted octanol–water partition coefficient (Wildman–Crippen LogP) is 1.15. The lowest BCUT2D eigenvalue weighted by Crippen LogP contribution is -2.50. The first-order chi connectivity index (χ1) is 14.3. The predicted molar refractivity (Wildman–Crippen MR) is 110 cm³/mol. The number of hydrogen-bond acceptors (Lipinski definition) is 6. The molecule has 2 heterocycles. The summed E-state index contributed by atoms with van der Waals surface area (Å²) in [5, 5.41) is 0. The molecular formula is C20H25N5O4S. The Morgan fingerprint density at radius 3 is 2.17 bits per heavy atom. The van der Waals surface area contributed by atoms with Crippen molar-refractivity contribution in [1.29, 1.82) is 0 Å². The Morgan fingerprint density at radius 2 is 1.63 bits per heavy atom. The first-order valence-corrected chi connectivity index (χ1v) is 11.3. The van der Waals surface area contributed by atoms with Crippen molar-refractivity contribution in [3.8, 4) is 0 Å². The van der Waals surface area contributed by atoms with Gasteiger partial charge in [-0.2, -0.15) is 0 Å². The number of hydrogen-bond donors (Lipinski definition) is 1. The number of piperazine rings is 1. The van der Waals surface area contributed by atoms with Gasteiger partial charge in [-0.25, -0.2) is 18.1 Å². The lowest BCUT2D eigenvalue weighted by atomic mass is 10.2. The van der Waals surface area contributed by atoms with Crippen LogP contribution in [0.25, 0.3) is 0 Å². The van der Waals surface area contributed by atoms with Crippen LogP contribution in [-0.4, -0.2) is 72.2 Å². The van der Waals surface area contributed by atoms with Crippen LogP contribution in [0.2, 0.25) is 0 Å². The van der Waals surface area contributed by atoms with E-state index in [1.165, 1.54) is 42.9 Å². The molecule has 1 N–H and O–H groups in total. The first-order valence-electron chi connectivity index (χ1n) is 9.78. The van der Waals surface area contributed by atoms with Crippen LogP contribution >= 0.6 is 0 Å². The molecule has 30 heavy (non-hydrogen) atoms. The Kier molecular flexibility index (Phi) is 6.78. The number of amides is 2. The minimum absolute atomic E-state index is 0.124. The van der Waals surface area contributed by atoms with Gasteiger partial charge in [0.05, 0.1) is 11.1 Å². The molecule has 9 nitrogen and oxygen atoms in total. The minimum Gasteiger partial charge on any atom is -0.335 e. The maximum atomic E-state index is 12.8. The largest absolute Gasteiger partial charge is 0.335 e. The van der Waals surface area contributed by atoms with E-state index in [2.05, 4.69) is 14.7 Å². The van der Waals surface area contributed by atoms with Gasteiger partial charge in [-0.3, -0.25) is 14.6 Å². The van der Waals surface area contributed by atoms with Crippen LogP contribution in [0.5, 0.6) is 0 Å². The molecule has 160 valence electrons. The zero-order valence-electron chi connectivity index (χ0n) is 17.0. The average Bonchev–Trinajstić information content (AvgIpc) is 2.78. The Balaban J connectivity index is 1.61. The monoisotopic (exact) mass is 431 g/mol. The third-order valence-corrected chi connectivity index (χ3v) is 6.62. The molecule has 1 aliphatic rings. The molecule has 2 amide bonds. The highest BCUT2D eigenvalue weighted by atomic mass is 32.2. The summed E-state index contributed by atoms with van der Waals surface area (Å²) in [7, 11) is -3.61. The molecule has 1 unspecified atom stereocenters. The molecule has 1 aliphatic heterocycles. The number of sulfonamides is 1. The molecule has 10 heteroatoms. The van der Waals surface area contributed by atoms with E-state index >= 15 is 0 Å². The first kappa shape index (κ1) is 21.8. The van der Waals surface area contributed by atoms with Gasteiger partial charge in [0.25, 0.3) is 11.8 Å². The number of benzene rings is 1. The number of nitrogens with zero attached hydrogens (tertiary/aromatic N) is 4. The van der Waals surface area contributed by atoms with Gasteiger partial charge in [-0.15, -0.1) is 0 Å². The van der Waals surface area contributed by atoms with E-state index in [0.29, 0.717) is 38.2 Å². The lowest BCUT2D eigenvalue weighted by Gasteiger charge is -2.34. The van der Waals surface area contributed by atoms with Crippen molar-refractivity contribution in [2.24, 2.45) is 0 Å². The van der Waals surface area contributed by atoms with Crippen LogP contribution in [0.3, 0.4) is 0 Å². The fraction of sp³-hybridized carbons (Fsp3) is 0.400. The van der Waals surface area contributed by atoms with Gasteiger partial charge >= 0.3 is 0 Å². The average molecular weight is 432 g/mol. The van der Waals surface area contributed by atoms with Crippen LogP contribution in [-0.2, 0) is 10.0 Å². The van der Waals surface area contributed by atoms with E-state index in [4.69, 9.17) is 0 Å². The highest BCUT2D eigenvalue weighted by Gasteiger charge is 2.26. The maximum Gasteiger partial charge on any atom is 0.274 e. The number of aromatic nitrogens is 2. The summed E-state index contributed by atoms with van der Waals surface area (Å²) < 4.78 is 27.3. The lowest BCUT2D eigenvalue weighted by molar-refractivity contribution is 0.0532. The van der Waals surface area contributed by atoms with Gasteiger partial charge in [0.15, 0.2) is 0 Å². The van der Waals surface area contributed by atoms with Crippen molar-refractivity contribution in [3.05, 3.63) is 54.1 Å². The fourth-order valence-electron chi connectivity index (χ4n) is 3.06. The maximum absolute atomic E-state index is 12.8. The van der Waals surface area contributed by atoms with Crippen molar-refractivity contribution in [2.45, 2.75) is 31.2 Å². The van der Waals surface area contributed by atoms with Crippen molar-refractivity contribution < 1.29 is 18.0 Å². The third-order valence-electron chi connectivity index (χ3n) is 5.02. The fourth-order valence-corrected chi connectivity index (χ4v) is 4.39. The Morgan fingerprint density at radius 1 is 1.03 bits per heavy atom. The summed E-state index contributed by atoms with van der Waals surface area (Å²) >= 11 is 0. The molecule has 1 aromatic heterocycles. The number of carbonyl (C=O) groups is 2. The Bertz CT molecular complexity index is 988. The van der Waals surface area contributed by atoms with Crippen molar-refractivity contribution >= 4 is 21.8 Å². The second-order valence-corrected chi connectivity index (χ2v) is 8.84. The molecule has 0 spiro atoms. The van der Waals surface area contributed by atoms with Gasteiger partial charge in [-0.05, 0) is 37.6 Å². The number of carbonyl (C=O) groups excluding carboxylic acids is 2. The zero-order chi connectivity index (χ0) is 21.7. The second kappa shape index (κ2) is 9.31. The second-order valence-electron chi connectivity index (χ2n) is 7.13. The van der Waals surface area contributed by atoms with Crippen molar-refractivity contribution in [1.82, 2.24) is 24.5 Å². The Labute approximate surface area is 176 Å². The minimum atomic E-state index is -3.61. The highest BCUT2D eigenvalue weighted by Crippen LogP contribution is 2.15. The van der Waals surface area contributed by atoms with E-state index in [0.717, 1.165) is 0 Å². The summed E-state index contributed by atoms with van der Waals surface area (Å²) in [6.45, 7) is 5.26. The molecule has 1 saturated heterocycles. The number of rotatable bonds is 6. The Hall–Kier alpha value is -2.85. The van der Waals surface area contributed by atoms with Crippen LogP contribution in [0, 0.1) is 0 Å². The molecular weight excluding hydrogens is 406 g/mol. The molecule has 1 aromatic carbocycles. The van der Waals surface area contributed by atoms with Crippen molar-refractivity contribution in [2.75, 3.05) is 26.2 Å². The number of nitrogens with one attached hydrogen (secondary N) is 1. The van der Waals surface area contributed by atoms with Crippen molar-refractivity contribution in [3.63, 3.8) is 0 Å². The highest BCUT2D eigenvalue weighted by molar-refractivity contribution is 7.89. The van der Waals surface area contributed by atoms with Gasteiger partial charge in [-0.1, -0.05) is 6.92 Å². The molecule has 0 radical (unpaired) electrons. The summed E-state index contributed by atoms with van der Waals surface area (Å²) in [6.07, 6.45) is 5.08. The summed E-state index contributed by atoms with van der Waals surface area (Å²) in [4.78, 5) is 36.5. The molecule has 0 bridgehead atoms. The van der Waals surface area contributed by atoms with Crippen LogP contribution in [0.4, 0.5) is 0 Å². The molecule has 3 rings (SSSR count). The van der Waals surface area contributed by atoms with Gasteiger partial charge in [0.1, 0.15) is 5.69 Å². The smallest absolute Gasteiger partial charge is 0.274 e.